The molecule has 4 atom stereocenters. The molecule has 10 heteroatoms. The van der Waals surface area contributed by atoms with Crippen molar-refractivity contribution in [2.75, 3.05) is 13.1 Å². The molecule has 1 aliphatic heterocycles. The molecule has 3 amide bonds. The molecule has 5 N–H and O–H groups in total. The molecule has 0 radical (unpaired) electrons. The van der Waals surface area contributed by atoms with E-state index in [0.29, 0.717) is 0 Å². The molecule has 0 bridgehead atoms. The zero-order valence-corrected chi connectivity index (χ0v) is 22.4. The molecule has 1 aromatic heterocycles. The van der Waals surface area contributed by atoms with Crippen molar-refractivity contribution in [3.63, 3.8) is 0 Å². The van der Waals surface area contributed by atoms with Crippen LogP contribution in [0.1, 0.15) is 57.8 Å². The van der Waals surface area contributed by atoms with Gasteiger partial charge in [-0.15, -0.1) is 11.3 Å². The van der Waals surface area contributed by atoms with Gasteiger partial charge in [-0.2, -0.15) is 0 Å². The summed E-state index contributed by atoms with van der Waals surface area (Å²) in [6.45, 7) is 9.60. The maximum atomic E-state index is 13.5. The number of aromatic nitrogens is 1. The summed E-state index contributed by atoms with van der Waals surface area (Å²) in [5.41, 5.74) is 9.67. The van der Waals surface area contributed by atoms with Gasteiger partial charge in [0, 0.05) is 25.9 Å². The van der Waals surface area contributed by atoms with E-state index in [1.165, 1.54) is 4.90 Å². The highest BCUT2D eigenvalue weighted by molar-refractivity contribution is 7.13. The van der Waals surface area contributed by atoms with Crippen molar-refractivity contribution in [3.05, 3.63) is 41.0 Å². The van der Waals surface area contributed by atoms with Crippen LogP contribution in [-0.4, -0.2) is 64.0 Å². The highest BCUT2D eigenvalue weighted by atomic mass is 32.1. The SMILES string of the molecule is Cc1ncsc1-c1ccc([C@H](C)NC(=O)[C@@H]2C[C@@H](O)CN2C(=O)C(NC(=O)CCN)C(C)(C)C)cc1. The summed E-state index contributed by atoms with van der Waals surface area (Å²) in [5.74, 6) is -1.05. The van der Waals surface area contributed by atoms with E-state index in [2.05, 4.69) is 15.6 Å². The van der Waals surface area contributed by atoms with Gasteiger partial charge >= 0.3 is 0 Å². The quantitative estimate of drug-likeness (QED) is 0.425. The third-order valence-electron chi connectivity index (χ3n) is 6.43. The number of β-amino-alcohol motifs (C(OH)–C–C–N with tert-alkyl or cyclic N) is 1. The molecule has 9 nitrogen and oxygen atoms in total. The number of thiazole rings is 1. The molecule has 196 valence electrons. The number of aliphatic hydroxyl groups is 1. The Labute approximate surface area is 216 Å². The number of nitrogens with one attached hydrogen (secondary N) is 2. The maximum Gasteiger partial charge on any atom is 0.246 e. The molecule has 1 unspecified atom stereocenters. The number of amides is 3. The Hall–Kier alpha value is -2.82. The van der Waals surface area contributed by atoms with Crippen molar-refractivity contribution >= 4 is 29.1 Å². The van der Waals surface area contributed by atoms with Gasteiger partial charge in [0.15, 0.2) is 0 Å². The summed E-state index contributed by atoms with van der Waals surface area (Å²) >= 11 is 1.58. The fourth-order valence-corrected chi connectivity index (χ4v) is 5.19. The molecule has 3 rings (SSSR count). The Kier molecular flexibility index (Phi) is 8.86. The van der Waals surface area contributed by atoms with Gasteiger partial charge in [0.05, 0.1) is 28.2 Å². The molecule has 1 fully saturated rings. The van der Waals surface area contributed by atoms with Gasteiger partial charge in [0.25, 0.3) is 0 Å². The van der Waals surface area contributed by atoms with Crippen LogP contribution in [0.15, 0.2) is 29.8 Å². The summed E-state index contributed by atoms with van der Waals surface area (Å²) in [6.07, 6.45) is -0.574. The molecule has 1 aliphatic rings. The fraction of sp³-hybridized carbons (Fsp3) is 0.538. The Morgan fingerprint density at radius 1 is 1.22 bits per heavy atom. The van der Waals surface area contributed by atoms with E-state index in [1.54, 1.807) is 11.3 Å². The van der Waals surface area contributed by atoms with Crippen molar-refractivity contribution in [1.29, 1.82) is 0 Å². The van der Waals surface area contributed by atoms with Crippen LogP contribution in [0.2, 0.25) is 0 Å². The van der Waals surface area contributed by atoms with Crippen LogP contribution in [0.4, 0.5) is 0 Å². The lowest BCUT2D eigenvalue weighted by atomic mass is 9.85. The summed E-state index contributed by atoms with van der Waals surface area (Å²) in [7, 11) is 0. The molecule has 0 saturated carbocycles. The molecular formula is C26H37N5O4S. The monoisotopic (exact) mass is 515 g/mol. The van der Waals surface area contributed by atoms with E-state index in [-0.39, 0.29) is 49.7 Å². The Morgan fingerprint density at radius 3 is 2.44 bits per heavy atom. The second-order valence-corrected chi connectivity index (χ2v) is 11.3. The molecule has 0 aliphatic carbocycles. The van der Waals surface area contributed by atoms with Gasteiger partial charge in [0.1, 0.15) is 12.1 Å². The predicted octanol–water partition coefficient (Wildman–Crippen LogP) is 2.14. The first-order valence-corrected chi connectivity index (χ1v) is 13.1. The number of rotatable bonds is 8. The van der Waals surface area contributed by atoms with E-state index in [9.17, 15) is 19.5 Å². The van der Waals surface area contributed by atoms with E-state index >= 15 is 0 Å². The number of carbonyl (C=O) groups is 3. The molecule has 1 saturated heterocycles. The molecule has 2 aromatic rings. The van der Waals surface area contributed by atoms with Crippen molar-refractivity contribution in [3.8, 4) is 10.4 Å². The van der Waals surface area contributed by atoms with E-state index in [0.717, 1.165) is 21.7 Å². The lowest BCUT2D eigenvalue weighted by Crippen LogP contribution is -2.58. The van der Waals surface area contributed by atoms with Crippen LogP contribution < -0.4 is 16.4 Å². The lowest BCUT2D eigenvalue weighted by Gasteiger charge is -2.35. The van der Waals surface area contributed by atoms with Gasteiger partial charge in [-0.3, -0.25) is 14.4 Å². The fourth-order valence-electron chi connectivity index (χ4n) is 4.38. The van der Waals surface area contributed by atoms with E-state index < -0.39 is 23.6 Å². The molecular weight excluding hydrogens is 478 g/mol. The second-order valence-electron chi connectivity index (χ2n) is 10.4. The van der Waals surface area contributed by atoms with Crippen LogP contribution in [0.3, 0.4) is 0 Å². The Morgan fingerprint density at radius 2 is 1.89 bits per heavy atom. The highest BCUT2D eigenvalue weighted by Gasteiger charge is 2.44. The normalized spacial score (nSPS) is 19.6. The second kappa shape index (κ2) is 11.5. The number of hydrogen-bond donors (Lipinski definition) is 4. The summed E-state index contributed by atoms with van der Waals surface area (Å²) < 4.78 is 0. The highest BCUT2D eigenvalue weighted by Crippen LogP contribution is 2.29. The summed E-state index contributed by atoms with van der Waals surface area (Å²) in [4.78, 5) is 45.8. The minimum Gasteiger partial charge on any atom is -0.391 e. The number of likely N-dealkylation sites (tertiary alicyclic amines) is 1. The third-order valence-corrected chi connectivity index (χ3v) is 7.41. The van der Waals surface area contributed by atoms with Crippen LogP contribution in [0.25, 0.3) is 10.4 Å². The van der Waals surface area contributed by atoms with Crippen molar-refractivity contribution in [2.24, 2.45) is 11.1 Å². The van der Waals surface area contributed by atoms with E-state index in [4.69, 9.17) is 5.73 Å². The van der Waals surface area contributed by atoms with Crippen LogP contribution >= 0.6 is 11.3 Å². The predicted molar refractivity (Wildman–Crippen MR) is 140 cm³/mol. The van der Waals surface area contributed by atoms with Crippen molar-refractivity contribution < 1.29 is 19.5 Å². The van der Waals surface area contributed by atoms with Crippen LogP contribution in [-0.2, 0) is 14.4 Å². The number of hydrogen-bond acceptors (Lipinski definition) is 7. The van der Waals surface area contributed by atoms with Gasteiger partial charge < -0.3 is 26.4 Å². The first-order valence-electron chi connectivity index (χ1n) is 12.2. The standard InChI is InChI=1S/C26H37N5O4S/c1-15(17-6-8-18(9-7-17)22-16(2)28-14-36-22)29-24(34)20-12-19(32)13-31(20)25(35)23(26(3,4)5)30-21(33)10-11-27/h6-9,14-15,19-20,23,32H,10-13,27H2,1-5H3,(H,29,34)(H,30,33)/t15-,19+,20-,23?/m0/s1. The maximum absolute atomic E-state index is 13.5. The van der Waals surface area contributed by atoms with E-state index in [1.807, 2.05) is 64.4 Å². The Bertz CT molecular complexity index is 1080. The van der Waals surface area contributed by atoms with Gasteiger partial charge in [0.2, 0.25) is 17.7 Å². The molecule has 1 aromatic carbocycles. The van der Waals surface area contributed by atoms with Crippen molar-refractivity contribution in [1.82, 2.24) is 20.5 Å². The van der Waals surface area contributed by atoms with Crippen LogP contribution in [0, 0.1) is 12.3 Å². The molecule has 36 heavy (non-hydrogen) atoms. The zero-order valence-electron chi connectivity index (χ0n) is 21.6. The van der Waals surface area contributed by atoms with Crippen molar-refractivity contribution in [2.45, 2.75) is 71.7 Å². The number of aliphatic hydroxyl groups excluding tert-OH is 1. The Balaban J connectivity index is 1.72. The average Bonchev–Trinajstić information content (AvgIpc) is 3.42. The number of aryl methyl sites for hydroxylation is 1. The zero-order chi connectivity index (χ0) is 26.6. The first kappa shape index (κ1) is 27.8. The smallest absolute Gasteiger partial charge is 0.246 e. The van der Waals surface area contributed by atoms with Gasteiger partial charge in [-0.1, -0.05) is 45.0 Å². The largest absolute Gasteiger partial charge is 0.391 e. The molecule has 0 spiro atoms. The minimum atomic E-state index is -0.850. The average molecular weight is 516 g/mol. The summed E-state index contributed by atoms with van der Waals surface area (Å²) in [6, 6.07) is 5.97. The third kappa shape index (κ3) is 6.48. The topological polar surface area (TPSA) is 138 Å². The number of nitrogens with two attached hydrogens (primary N) is 1. The van der Waals surface area contributed by atoms with Crippen LogP contribution in [0.5, 0.6) is 0 Å². The molecule has 2 heterocycles. The van der Waals surface area contributed by atoms with Gasteiger partial charge in [-0.05, 0) is 30.4 Å². The summed E-state index contributed by atoms with van der Waals surface area (Å²) in [5, 5.41) is 16.1. The number of carbonyl (C=O) groups excluding carboxylic acids is 3. The first-order chi connectivity index (χ1) is 16.9. The number of nitrogens with zero attached hydrogens (tertiary/aromatic N) is 2. The minimum absolute atomic E-state index is 0.0353. The van der Waals surface area contributed by atoms with Gasteiger partial charge in [-0.25, -0.2) is 4.98 Å². The lowest BCUT2D eigenvalue weighted by molar-refractivity contribution is -0.144. The number of benzene rings is 1.